The van der Waals surface area contributed by atoms with Gasteiger partial charge < -0.3 is 13.9 Å². The fourth-order valence-electron chi connectivity index (χ4n) is 3.25. The fourth-order valence-corrected chi connectivity index (χ4v) is 3.42. The summed E-state index contributed by atoms with van der Waals surface area (Å²) >= 11 is 6.02. The predicted octanol–water partition coefficient (Wildman–Crippen LogP) is 5.84. The lowest BCUT2D eigenvalue weighted by molar-refractivity contribution is -0.385. The Morgan fingerprint density at radius 3 is 2.74 bits per heavy atom. The minimum absolute atomic E-state index is 0.0317. The summed E-state index contributed by atoms with van der Waals surface area (Å²) in [4.78, 5) is 20.0. The Morgan fingerprint density at radius 2 is 1.94 bits per heavy atom. The minimum atomic E-state index is -0.476. The van der Waals surface area contributed by atoms with Gasteiger partial charge >= 0.3 is 0 Å². The smallest absolute Gasteiger partial charge is 0.282 e. The molecule has 5 rings (SSSR count). The lowest BCUT2D eigenvalue weighted by Crippen LogP contribution is -1.95. The lowest BCUT2D eigenvalue weighted by Gasteiger charge is -2.04. The summed E-state index contributed by atoms with van der Waals surface area (Å²) in [6.45, 7) is 1.93. The molecule has 154 valence electrons. The SMILES string of the molecule is Cc1ccc(-c2nc3cc(Cl)ccc3o2)cc1N=Cc1cc2c(cc1[N+](=O)[O-])OCO2. The quantitative estimate of drug-likeness (QED) is 0.226. The van der Waals surface area contributed by atoms with E-state index < -0.39 is 4.92 Å². The normalized spacial score (nSPS) is 12.7. The van der Waals surface area contributed by atoms with Crippen LogP contribution in [0.1, 0.15) is 11.1 Å². The van der Waals surface area contributed by atoms with E-state index in [9.17, 15) is 10.1 Å². The first-order valence-electron chi connectivity index (χ1n) is 9.27. The molecule has 0 amide bonds. The highest BCUT2D eigenvalue weighted by atomic mass is 35.5. The molecule has 0 fully saturated rings. The van der Waals surface area contributed by atoms with Crippen LogP contribution in [0.25, 0.3) is 22.6 Å². The molecule has 0 aliphatic carbocycles. The summed E-state index contributed by atoms with van der Waals surface area (Å²) in [7, 11) is 0. The van der Waals surface area contributed by atoms with Gasteiger partial charge in [-0.25, -0.2) is 4.98 Å². The molecule has 0 saturated carbocycles. The summed E-state index contributed by atoms with van der Waals surface area (Å²) in [6.07, 6.45) is 1.44. The first-order valence-corrected chi connectivity index (χ1v) is 9.65. The third-order valence-electron chi connectivity index (χ3n) is 4.87. The number of halogens is 1. The first kappa shape index (κ1) is 19.1. The average molecular weight is 436 g/mol. The summed E-state index contributed by atoms with van der Waals surface area (Å²) < 4.78 is 16.4. The van der Waals surface area contributed by atoms with Crippen molar-refractivity contribution in [3.8, 4) is 23.0 Å². The van der Waals surface area contributed by atoms with Crippen LogP contribution in [0, 0.1) is 17.0 Å². The molecule has 9 heteroatoms. The molecular formula is C22H14ClN3O5. The molecule has 2 heterocycles. The van der Waals surface area contributed by atoms with E-state index in [1.165, 1.54) is 12.3 Å². The average Bonchev–Trinajstić information content (AvgIpc) is 3.38. The molecule has 1 aliphatic heterocycles. The van der Waals surface area contributed by atoms with Gasteiger partial charge in [-0.15, -0.1) is 0 Å². The number of benzene rings is 3. The number of hydrogen-bond donors (Lipinski definition) is 0. The van der Waals surface area contributed by atoms with E-state index in [4.69, 9.17) is 25.5 Å². The van der Waals surface area contributed by atoms with Crippen LogP contribution in [0.4, 0.5) is 11.4 Å². The van der Waals surface area contributed by atoms with E-state index in [1.807, 2.05) is 25.1 Å². The number of aliphatic imine (C=N–C) groups is 1. The maximum atomic E-state index is 11.5. The number of nitrogens with zero attached hydrogens (tertiary/aromatic N) is 3. The highest BCUT2D eigenvalue weighted by Crippen LogP contribution is 2.38. The maximum Gasteiger partial charge on any atom is 0.282 e. The summed E-state index contributed by atoms with van der Waals surface area (Å²) in [5.41, 5.74) is 3.73. The molecule has 1 aliphatic rings. The third-order valence-corrected chi connectivity index (χ3v) is 5.10. The van der Waals surface area contributed by atoms with Crippen molar-refractivity contribution < 1.29 is 18.8 Å². The van der Waals surface area contributed by atoms with Crippen molar-refractivity contribution in [3.05, 3.63) is 74.8 Å². The molecule has 8 nitrogen and oxygen atoms in total. The van der Waals surface area contributed by atoms with E-state index in [2.05, 4.69) is 9.98 Å². The zero-order valence-corrected chi connectivity index (χ0v) is 16.9. The van der Waals surface area contributed by atoms with Gasteiger partial charge in [-0.05, 0) is 48.9 Å². The van der Waals surface area contributed by atoms with Gasteiger partial charge in [0, 0.05) is 16.8 Å². The van der Waals surface area contributed by atoms with Crippen LogP contribution in [0.5, 0.6) is 11.5 Å². The van der Waals surface area contributed by atoms with Gasteiger partial charge in [-0.2, -0.15) is 0 Å². The number of nitro groups is 1. The van der Waals surface area contributed by atoms with Gasteiger partial charge in [-0.3, -0.25) is 15.1 Å². The number of rotatable bonds is 4. The Balaban J connectivity index is 1.53. The second kappa shape index (κ2) is 7.41. The predicted molar refractivity (Wildman–Crippen MR) is 116 cm³/mol. The van der Waals surface area contributed by atoms with Crippen molar-refractivity contribution in [1.29, 1.82) is 0 Å². The summed E-state index contributed by atoms with van der Waals surface area (Å²) in [6, 6.07) is 13.7. The highest BCUT2D eigenvalue weighted by Gasteiger charge is 2.22. The molecule has 4 aromatic rings. The van der Waals surface area contributed by atoms with Crippen molar-refractivity contribution in [2.75, 3.05) is 6.79 Å². The first-order chi connectivity index (χ1) is 15.0. The Hall–Kier alpha value is -3.91. The molecule has 0 atom stereocenters. The second-order valence-corrected chi connectivity index (χ2v) is 7.35. The number of nitro benzene ring substituents is 1. The van der Waals surface area contributed by atoms with Crippen molar-refractivity contribution in [2.24, 2.45) is 4.99 Å². The molecule has 31 heavy (non-hydrogen) atoms. The van der Waals surface area contributed by atoms with Gasteiger partial charge in [0.15, 0.2) is 17.1 Å². The number of ether oxygens (including phenoxy) is 2. The van der Waals surface area contributed by atoms with E-state index in [0.717, 1.165) is 11.1 Å². The largest absolute Gasteiger partial charge is 0.454 e. The van der Waals surface area contributed by atoms with Gasteiger partial charge in [0.05, 0.1) is 22.2 Å². The van der Waals surface area contributed by atoms with E-state index in [0.29, 0.717) is 44.8 Å². The van der Waals surface area contributed by atoms with E-state index >= 15 is 0 Å². The Morgan fingerprint density at radius 1 is 1.13 bits per heavy atom. The third kappa shape index (κ3) is 3.57. The standard InChI is InChI=1S/C22H14ClN3O5/c1-12-2-3-13(22-25-17-8-15(23)4-5-19(17)31-22)6-16(12)24-10-14-7-20-21(30-11-29-20)9-18(14)26(27)28/h2-10H,11H2,1H3. The molecule has 0 N–H and O–H groups in total. The van der Waals surface area contributed by atoms with Crippen molar-refractivity contribution in [3.63, 3.8) is 0 Å². The number of oxazole rings is 1. The van der Waals surface area contributed by atoms with E-state index in [1.54, 1.807) is 24.3 Å². The molecule has 0 bridgehead atoms. The fraction of sp³-hybridized carbons (Fsp3) is 0.0909. The van der Waals surface area contributed by atoms with Crippen molar-refractivity contribution >= 4 is 40.3 Å². The lowest BCUT2D eigenvalue weighted by atomic mass is 10.1. The molecule has 0 spiro atoms. The van der Waals surface area contributed by atoms with Gasteiger partial charge in [-0.1, -0.05) is 17.7 Å². The van der Waals surface area contributed by atoms with Crippen molar-refractivity contribution in [1.82, 2.24) is 4.98 Å². The van der Waals surface area contributed by atoms with Gasteiger partial charge in [0.1, 0.15) is 5.52 Å². The van der Waals surface area contributed by atoms with Gasteiger partial charge in [0.2, 0.25) is 12.7 Å². The molecule has 0 unspecified atom stereocenters. The second-order valence-electron chi connectivity index (χ2n) is 6.91. The van der Waals surface area contributed by atoms with Crippen LogP contribution >= 0.6 is 11.6 Å². The molecular weight excluding hydrogens is 422 g/mol. The number of aromatic nitrogens is 1. The van der Waals surface area contributed by atoms with Crippen LogP contribution in [0.3, 0.4) is 0 Å². The Bertz CT molecular complexity index is 1380. The van der Waals surface area contributed by atoms with Crippen LogP contribution in [-0.2, 0) is 0 Å². The number of hydrogen-bond acceptors (Lipinski definition) is 7. The summed E-state index contributed by atoms with van der Waals surface area (Å²) in [5.74, 6) is 1.23. The molecule has 3 aromatic carbocycles. The van der Waals surface area contributed by atoms with Crippen LogP contribution in [0.2, 0.25) is 5.02 Å². The topological polar surface area (TPSA) is 100.0 Å². The molecule has 0 saturated heterocycles. The van der Waals surface area contributed by atoms with E-state index in [-0.39, 0.29) is 12.5 Å². The summed E-state index contributed by atoms with van der Waals surface area (Å²) in [5, 5.41) is 12.0. The van der Waals surface area contributed by atoms with Crippen LogP contribution in [0.15, 0.2) is 57.9 Å². The zero-order valence-electron chi connectivity index (χ0n) is 16.2. The Labute approximate surface area is 180 Å². The number of aryl methyl sites for hydroxylation is 1. The highest BCUT2D eigenvalue weighted by molar-refractivity contribution is 6.31. The number of fused-ring (bicyclic) bond motifs is 2. The minimum Gasteiger partial charge on any atom is -0.454 e. The van der Waals surface area contributed by atoms with Gasteiger partial charge in [0.25, 0.3) is 5.69 Å². The molecule has 0 radical (unpaired) electrons. The monoisotopic (exact) mass is 435 g/mol. The van der Waals surface area contributed by atoms with Crippen LogP contribution in [-0.4, -0.2) is 22.9 Å². The Kier molecular flexibility index (Phi) is 4.56. The van der Waals surface area contributed by atoms with Crippen LogP contribution < -0.4 is 9.47 Å². The molecule has 1 aromatic heterocycles. The maximum absolute atomic E-state index is 11.5. The van der Waals surface area contributed by atoms with Crippen molar-refractivity contribution in [2.45, 2.75) is 6.92 Å². The zero-order chi connectivity index (χ0) is 21.5.